The Morgan fingerprint density at radius 2 is 2.24 bits per heavy atom. The summed E-state index contributed by atoms with van der Waals surface area (Å²) in [5.41, 5.74) is 1.60. The Balaban J connectivity index is 2.20. The lowest BCUT2D eigenvalue weighted by Crippen LogP contribution is -2.33. The summed E-state index contributed by atoms with van der Waals surface area (Å²) in [5, 5.41) is 0. The van der Waals surface area contributed by atoms with E-state index in [0.29, 0.717) is 5.41 Å². The van der Waals surface area contributed by atoms with Gasteiger partial charge in [-0.2, -0.15) is 0 Å². The molecule has 0 amide bonds. The van der Waals surface area contributed by atoms with E-state index in [0.717, 1.165) is 32.3 Å². The zero-order valence-corrected chi connectivity index (χ0v) is 11.1. The molecule has 0 radical (unpaired) electrons. The summed E-state index contributed by atoms with van der Waals surface area (Å²) in [6.07, 6.45) is 11.1. The highest BCUT2D eigenvalue weighted by Gasteiger charge is 2.41. The Kier molecular flexibility index (Phi) is 3.74. The van der Waals surface area contributed by atoms with Gasteiger partial charge in [0.1, 0.15) is 5.60 Å². The first kappa shape index (κ1) is 12.8. The minimum Gasteiger partial charge on any atom is -0.236 e. The molecule has 1 aliphatic carbocycles. The first-order chi connectivity index (χ1) is 8.08. The van der Waals surface area contributed by atoms with E-state index in [1.807, 2.05) is 6.08 Å². The maximum atomic E-state index is 5.66. The van der Waals surface area contributed by atoms with Gasteiger partial charge >= 0.3 is 0 Å². The molecule has 0 bridgehead atoms. The second kappa shape index (κ2) is 4.95. The fraction of sp³-hybridized carbons (Fsp3) is 0.733. The van der Waals surface area contributed by atoms with Crippen LogP contribution in [0.4, 0.5) is 0 Å². The van der Waals surface area contributed by atoms with Crippen molar-refractivity contribution in [3.8, 4) is 0 Å². The summed E-state index contributed by atoms with van der Waals surface area (Å²) in [5.74, 6) is 0. The monoisotopic (exact) mass is 236 g/mol. The first-order valence-corrected chi connectivity index (χ1v) is 6.72. The smallest absolute Gasteiger partial charge is 0.127 e. The minimum atomic E-state index is -0.161. The van der Waals surface area contributed by atoms with E-state index in [9.17, 15) is 0 Å². The van der Waals surface area contributed by atoms with E-state index >= 15 is 0 Å². The van der Waals surface area contributed by atoms with Crippen molar-refractivity contribution in [2.45, 2.75) is 58.0 Å². The van der Waals surface area contributed by atoms with Crippen molar-refractivity contribution in [3.05, 3.63) is 24.3 Å². The summed E-state index contributed by atoms with van der Waals surface area (Å²) in [6, 6.07) is 0. The van der Waals surface area contributed by atoms with Gasteiger partial charge in [0.05, 0.1) is 6.61 Å². The quantitative estimate of drug-likeness (QED) is 0.538. The van der Waals surface area contributed by atoms with Crippen LogP contribution in [0.15, 0.2) is 24.3 Å². The van der Waals surface area contributed by atoms with Crippen LogP contribution < -0.4 is 0 Å². The maximum Gasteiger partial charge on any atom is 0.127 e. The Labute approximate surface area is 105 Å². The Bertz CT molecular complexity index is 309. The number of rotatable bonds is 4. The summed E-state index contributed by atoms with van der Waals surface area (Å²) in [4.78, 5) is 10.9. The van der Waals surface area contributed by atoms with Crippen LogP contribution >= 0.6 is 0 Å². The third-order valence-electron chi connectivity index (χ3n) is 3.98. The van der Waals surface area contributed by atoms with Gasteiger partial charge in [0.2, 0.25) is 0 Å². The van der Waals surface area contributed by atoms with Crippen LogP contribution in [0.2, 0.25) is 0 Å². The van der Waals surface area contributed by atoms with Crippen molar-refractivity contribution in [3.63, 3.8) is 0 Å². The molecule has 1 atom stereocenters. The SMILES string of the molecule is C=CCCC1(C2=CC(C)(C)CCC2)CCOO1. The molecule has 0 spiro atoms. The Morgan fingerprint density at radius 3 is 2.82 bits per heavy atom. The first-order valence-electron chi connectivity index (χ1n) is 6.72. The van der Waals surface area contributed by atoms with E-state index in [4.69, 9.17) is 9.78 Å². The summed E-state index contributed by atoms with van der Waals surface area (Å²) in [7, 11) is 0. The van der Waals surface area contributed by atoms with Crippen LogP contribution in [0.3, 0.4) is 0 Å². The third-order valence-corrected chi connectivity index (χ3v) is 3.98. The molecule has 0 N–H and O–H groups in total. The fourth-order valence-corrected chi connectivity index (χ4v) is 2.99. The molecule has 1 heterocycles. The van der Waals surface area contributed by atoms with Gasteiger partial charge in [-0.25, -0.2) is 9.78 Å². The van der Waals surface area contributed by atoms with Crippen molar-refractivity contribution in [1.82, 2.24) is 0 Å². The maximum absolute atomic E-state index is 5.66. The van der Waals surface area contributed by atoms with Crippen LogP contribution in [-0.2, 0) is 9.78 Å². The van der Waals surface area contributed by atoms with Crippen molar-refractivity contribution in [2.75, 3.05) is 6.61 Å². The highest BCUT2D eigenvalue weighted by atomic mass is 17.2. The molecule has 0 saturated carbocycles. The Morgan fingerprint density at radius 1 is 1.41 bits per heavy atom. The largest absolute Gasteiger partial charge is 0.236 e. The number of hydrogen-bond acceptors (Lipinski definition) is 2. The Hall–Kier alpha value is -0.600. The number of hydrogen-bond donors (Lipinski definition) is 0. The molecule has 2 nitrogen and oxygen atoms in total. The topological polar surface area (TPSA) is 18.5 Å². The van der Waals surface area contributed by atoms with Crippen molar-refractivity contribution in [2.24, 2.45) is 5.41 Å². The zero-order valence-electron chi connectivity index (χ0n) is 11.1. The van der Waals surface area contributed by atoms with Crippen LogP contribution in [0.5, 0.6) is 0 Å². The molecule has 1 unspecified atom stereocenters. The predicted octanol–water partition coefficient (Wildman–Crippen LogP) is 4.18. The van der Waals surface area contributed by atoms with Crippen molar-refractivity contribution >= 4 is 0 Å². The standard InChI is InChI=1S/C15H24O2/c1-4-5-9-15(10-11-16-17-15)13-7-6-8-14(2,3)12-13/h4,12H,1,5-11H2,2-3H3. The molecule has 2 rings (SSSR count). The molecule has 1 saturated heterocycles. The van der Waals surface area contributed by atoms with Gasteiger partial charge in [-0.3, -0.25) is 0 Å². The van der Waals surface area contributed by atoms with E-state index in [-0.39, 0.29) is 5.60 Å². The van der Waals surface area contributed by atoms with E-state index in [1.165, 1.54) is 18.4 Å². The normalized spacial score (nSPS) is 32.2. The summed E-state index contributed by atoms with van der Waals surface area (Å²) in [6.45, 7) is 9.15. The average molecular weight is 236 g/mol. The van der Waals surface area contributed by atoms with Gasteiger partial charge in [0, 0.05) is 6.42 Å². The van der Waals surface area contributed by atoms with Gasteiger partial charge in [-0.15, -0.1) is 6.58 Å². The summed E-state index contributed by atoms with van der Waals surface area (Å²) >= 11 is 0. The molecule has 17 heavy (non-hydrogen) atoms. The van der Waals surface area contributed by atoms with Gasteiger partial charge in [-0.1, -0.05) is 26.0 Å². The van der Waals surface area contributed by atoms with E-state index < -0.39 is 0 Å². The lowest BCUT2D eigenvalue weighted by Gasteiger charge is -2.35. The van der Waals surface area contributed by atoms with Gasteiger partial charge in [0.15, 0.2) is 0 Å². The van der Waals surface area contributed by atoms with E-state index in [2.05, 4.69) is 26.5 Å². The lowest BCUT2D eigenvalue weighted by molar-refractivity contribution is -0.300. The molecule has 96 valence electrons. The van der Waals surface area contributed by atoms with E-state index in [1.54, 1.807) is 0 Å². The van der Waals surface area contributed by atoms with Crippen LogP contribution in [0.1, 0.15) is 52.4 Å². The predicted molar refractivity (Wildman–Crippen MR) is 69.5 cm³/mol. The lowest BCUT2D eigenvalue weighted by atomic mass is 9.73. The molecule has 1 fully saturated rings. The van der Waals surface area contributed by atoms with Gasteiger partial charge in [0.25, 0.3) is 0 Å². The molecule has 0 aromatic carbocycles. The molecular weight excluding hydrogens is 212 g/mol. The second-order valence-electron chi connectivity index (χ2n) is 5.99. The summed E-state index contributed by atoms with van der Waals surface area (Å²) < 4.78 is 0. The third kappa shape index (κ3) is 2.80. The highest BCUT2D eigenvalue weighted by molar-refractivity contribution is 5.23. The van der Waals surface area contributed by atoms with Gasteiger partial charge in [-0.05, 0) is 43.1 Å². The van der Waals surface area contributed by atoms with Crippen molar-refractivity contribution in [1.29, 1.82) is 0 Å². The average Bonchev–Trinajstić information content (AvgIpc) is 2.75. The number of allylic oxidation sites excluding steroid dienone is 2. The highest BCUT2D eigenvalue weighted by Crippen LogP contribution is 2.44. The molecule has 0 aromatic rings. The second-order valence-corrected chi connectivity index (χ2v) is 5.99. The zero-order chi connectivity index (χ0) is 12.4. The van der Waals surface area contributed by atoms with Crippen LogP contribution in [-0.4, -0.2) is 12.2 Å². The van der Waals surface area contributed by atoms with Crippen molar-refractivity contribution < 1.29 is 9.78 Å². The molecule has 0 aromatic heterocycles. The van der Waals surface area contributed by atoms with Gasteiger partial charge < -0.3 is 0 Å². The van der Waals surface area contributed by atoms with Crippen LogP contribution in [0.25, 0.3) is 0 Å². The fourth-order valence-electron chi connectivity index (χ4n) is 2.99. The van der Waals surface area contributed by atoms with Crippen LogP contribution in [0, 0.1) is 5.41 Å². The molecule has 2 heteroatoms. The minimum absolute atomic E-state index is 0.161. The molecular formula is C15H24O2. The molecule has 1 aliphatic heterocycles. The molecule has 2 aliphatic rings.